The molecule has 0 amide bonds. The Labute approximate surface area is 132 Å². The van der Waals surface area contributed by atoms with Crippen LogP contribution in [0.3, 0.4) is 0 Å². The molecule has 0 heterocycles. The molecule has 5 heteroatoms. The molecule has 0 bridgehead atoms. The van der Waals surface area contributed by atoms with Crippen LogP contribution in [0.1, 0.15) is 17.7 Å². The maximum atomic E-state index is 13.2. The molecule has 2 aromatic rings. The molecule has 0 saturated carbocycles. The molecule has 2 rings (SSSR count). The van der Waals surface area contributed by atoms with Crippen LogP contribution in [0.4, 0.5) is 4.39 Å². The minimum atomic E-state index is -0.507. The van der Waals surface area contributed by atoms with Crippen LogP contribution in [0, 0.1) is 5.82 Å². The number of ether oxygens (including phenoxy) is 1. The van der Waals surface area contributed by atoms with Crippen molar-refractivity contribution < 1.29 is 13.9 Å². The van der Waals surface area contributed by atoms with Crippen LogP contribution in [0.5, 0.6) is 0 Å². The SMILES string of the molecule is CCOC(=O)C(Sc1ccc(F)c(Cl)c1)c1ccccc1. The topological polar surface area (TPSA) is 26.3 Å². The highest BCUT2D eigenvalue weighted by molar-refractivity contribution is 8.00. The van der Waals surface area contributed by atoms with Gasteiger partial charge in [-0.25, -0.2) is 4.39 Å². The van der Waals surface area contributed by atoms with Gasteiger partial charge in [-0.05, 0) is 30.7 Å². The van der Waals surface area contributed by atoms with Crippen molar-refractivity contribution in [3.63, 3.8) is 0 Å². The van der Waals surface area contributed by atoms with Crippen molar-refractivity contribution in [2.75, 3.05) is 6.61 Å². The summed E-state index contributed by atoms with van der Waals surface area (Å²) in [6.07, 6.45) is 0. The van der Waals surface area contributed by atoms with Gasteiger partial charge in [0.15, 0.2) is 0 Å². The molecular weight excluding hydrogens is 311 g/mol. The Hall–Kier alpha value is -1.52. The van der Waals surface area contributed by atoms with E-state index in [1.54, 1.807) is 13.0 Å². The third kappa shape index (κ3) is 4.22. The minimum Gasteiger partial charge on any atom is -0.465 e. The predicted octanol–water partition coefficient (Wildman–Crippen LogP) is 4.88. The van der Waals surface area contributed by atoms with Gasteiger partial charge in [0.2, 0.25) is 0 Å². The number of esters is 1. The summed E-state index contributed by atoms with van der Waals surface area (Å²) in [5.74, 6) is -0.803. The third-order valence-corrected chi connectivity index (χ3v) is 4.26. The van der Waals surface area contributed by atoms with Crippen LogP contribution < -0.4 is 0 Å². The van der Waals surface area contributed by atoms with Crippen molar-refractivity contribution in [2.24, 2.45) is 0 Å². The number of halogens is 2. The zero-order valence-electron chi connectivity index (χ0n) is 11.4. The van der Waals surface area contributed by atoms with Gasteiger partial charge in [-0.15, -0.1) is 11.8 Å². The van der Waals surface area contributed by atoms with Gasteiger partial charge in [-0.2, -0.15) is 0 Å². The number of rotatable bonds is 5. The van der Waals surface area contributed by atoms with Gasteiger partial charge < -0.3 is 4.74 Å². The monoisotopic (exact) mass is 324 g/mol. The molecule has 110 valence electrons. The van der Waals surface area contributed by atoms with Crippen LogP contribution in [0.25, 0.3) is 0 Å². The summed E-state index contributed by atoms with van der Waals surface area (Å²) in [7, 11) is 0. The van der Waals surface area contributed by atoms with E-state index < -0.39 is 11.1 Å². The predicted molar refractivity (Wildman–Crippen MR) is 83.1 cm³/mol. The van der Waals surface area contributed by atoms with Gasteiger partial charge in [-0.3, -0.25) is 4.79 Å². The average Bonchev–Trinajstić information content (AvgIpc) is 2.49. The summed E-state index contributed by atoms with van der Waals surface area (Å²) in [5.41, 5.74) is 0.835. The lowest BCUT2D eigenvalue weighted by Crippen LogP contribution is -2.13. The zero-order chi connectivity index (χ0) is 15.2. The number of carbonyl (C=O) groups is 1. The summed E-state index contributed by atoms with van der Waals surface area (Å²) >= 11 is 7.07. The van der Waals surface area contributed by atoms with E-state index in [0.29, 0.717) is 11.5 Å². The average molecular weight is 325 g/mol. The second-order valence-electron chi connectivity index (χ2n) is 4.24. The molecule has 0 saturated heterocycles. The molecular formula is C16H14ClFO2S. The first-order chi connectivity index (χ1) is 10.1. The van der Waals surface area contributed by atoms with E-state index in [9.17, 15) is 9.18 Å². The molecule has 1 atom stereocenters. The van der Waals surface area contributed by atoms with Crippen LogP contribution >= 0.6 is 23.4 Å². The molecule has 0 aliphatic rings. The van der Waals surface area contributed by atoms with Crippen LogP contribution in [0.15, 0.2) is 53.4 Å². The smallest absolute Gasteiger partial charge is 0.323 e. The summed E-state index contributed by atoms with van der Waals surface area (Å²) in [6, 6.07) is 13.7. The van der Waals surface area contributed by atoms with Gasteiger partial charge in [0.25, 0.3) is 0 Å². The number of hydrogen-bond acceptors (Lipinski definition) is 3. The molecule has 21 heavy (non-hydrogen) atoms. The Balaban J connectivity index is 2.27. The molecule has 1 unspecified atom stereocenters. The largest absolute Gasteiger partial charge is 0.465 e. The fourth-order valence-corrected chi connectivity index (χ4v) is 3.09. The summed E-state index contributed by atoms with van der Waals surface area (Å²) in [5, 5.41) is -0.469. The number of carbonyl (C=O) groups excluding carboxylic acids is 1. The fraction of sp³-hybridized carbons (Fsp3) is 0.188. The van der Waals surface area contributed by atoms with E-state index in [-0.39, 0.29) is 11.0 Å². The van der Waals surface area contributed by atoms with Crippen LogP contribution in [-0.2, 0) is 9.53 Å². The molecule has 0 radical (unpaired) electrons. The first-order valence-corrected chi connectivity index (χ1v) is 7.71. The molecule has 0 aromatic heterocycles. The van der Waals surface area contributed by atoms with Crippen molar-refractivity contribution in [3.8, 4) is 0 Å². The van der Waals surface area contributed by atoms with Gasteiger partial charge in [0.1, 0.15) is 11.1 Å². The van der Waals surface area contributed by atoms with E-state index in [1.807, 2.05) is 30.3 Å². The summed E-state index contributed by atoms with van der Waals surface area (Å²) < 4.78 is 18.3. The van der Waals surface area contributed by atoms with E-state index in [4.69, 9.17) is 16.3 Å². The van der Waals surface area contributed by atoms with E-state index >= 15 is 0 Å². The molecule has 2 aromatic carbocycles. The summed E-state index contributed by atoms with van der Waals surface area (Å²) in [6.45, 7) is 2.08. The molecule has 0 spiro atoms. The molecule has 0 aliphatic heterocycles. The second-order valence-corrected chi connectivity index (χ2v) is 5.82. The first-order valence-electron chi connectivity index (χ1n) is 6.45. The van der Waals surface area contributed by atoms with Gasteiger partial charge in [0.05, 0.1) is 11.6 Å². The number of thioether (sulfide) groups is 1. The Morgan fingerprint density at radius 2 is 2.00 bits per heavy atom. The molecule has 0 fully saturated rings. The third-order valence-electron chi connectivity index (χ3n) is 2.75. The van der Waals surface area contributed by atoms with Gasteiger partial charge in [0, 0.05) is 4.90 Å². The highest BCUT2D eigenvalue weighted by Crippen LogP contribution is 2.37. The van der Waals surface area contributed by atoms with Crippen LogP contribution in [0.2, 0.25) is 5.02 Å². The van der Waals surface area contributed by atoms with Gasteiger partial charge in [-0.1, -0.05) is 41.9 Å². The standard InChI is InChI=1S/C16H14ClFO2S/c1-2-20-16(19)15(11-6-4-3-5-7-11)21-12-8-9-14(18)13(17)10-12/h3-10,15H,2H2,1H3. The highest BCUT2D eigenvalue weighted by Gasteiger charge is 2.23. The Morgan fingerprint density at radius 3 is 2.62 bits per heavy atom. The number of hydrogen-bond donors (Lipinski definition) is 0. The lowest BCUT2D eigenvalue weighted by atomic mass is 10.1. The van der Waals surface area contributed by atoms with Crippen molar-refractivity contribution in [2.45, 2.75) is 17.1 Å². The first kappa shape index (κ1) is 15.9. The Morgan fingerprint density at radius 1 is 1.29 bits per heavy atom. The van der Waals surface area contributed by atoms with E-state index in [1.165, 1.54) is 23.9 Å². The Bertz CT molecular complexity index is 619. The Kier molecular flexibility index (Phi) is 5.65. The quantitative estimate of drug-likeness (QED) is 0.579. The van der Waals surface area contributed by atoms with E-state index in [2.05, 4.69) is 0 Å². The van der Waals surface area contributed by atoms with Crippen molar-refractivity contribution in [1.29, 1.82) is 0 Å². The summed E-state index contributed by atoms with van der Waals surface area (Å²) in [4.78, 5) is 12.9. The van der Waals surface area contributed by atoms with Crippen molar-refractivity contribution >= 4 is 29.3 Å². The van der Waals surface area contributed by atoms with Crippen LogP contribution in [-0.4, -0.2) is 12.6 Å². The maximum absolute atomic E-state index is 13.2. The molecule has 0 N–H and O–H groups in total. The van der Waals surface area contributed by atoms with E-state index in [0.717, 1.165) is 5.56 Å². The van der Waals surface area contributed by atoms with Gasteiger partial charge >= 0.3 is 5.97 Å². The normalized spacial score (nSPS) is 12.0. The van der Waals surface area contributed by atoms with Crippen molar-refractivity contribution in [3.05, 3.63) is 64.9 Å². The number of benzene rings is 2. The fourth-order valence-electron chi connectivity index (χ4n) is 1.78. The zero-order valence-corrected chi connectivity index (χ0v) is 13.0. The van der Waals surface area contributed by atoms with Crippen molar-refractivity contribution in [1.82, 2.24) is 0 Å². The minimum absolute atomic E-state index is 0.0377. The highest BCUT2D eigenvalue weighted by atomic mass is 35.5. The molecule has 2 nitrogen and oxygen atoms in total. The lowest BCUT2D eigenvalue weighted by Gasteiger charge is -2.15. The molecule has 0 aliphatic carbocycles. The second kappa shape index (κ2) is 7.48. The lowest BCUT2D eigenvalue weighted by molar-refractivity contribution is -0.142. The maximum Gasteiger partial charge on any atom is 0.323 e.